The van der Waals surface area contributed by atoms with Gasteiger partial charge in [-0.05, 0) is 44.1 Å². The van der Waals surface area contributed by atoms with Crippen LogP contribution < -0.4 is 0 Å². The minimum absolute atomic E-state index is 0.534. The zero-order chi connectivity index (χ0) is 14.4. The minimum Gasteiger partial charge on any atom is -0.346 e. The van der Waals surface area contributed by atoms with E-state index in [9.17, 15) is 5.21 Å². The Bertz CT molecular complexity index is 474. The minimum atomic E-state index is 0.534. The Balaban J connectivity index is 2.01. The zero-order valence-corrected chi connectivity index (χ0v) is 12.5. The molecule has 0 bridgehead atoms. The lowest BCUT2D eigenvalue weighted by molar-refractivity contribution is -0.00149. The van der Waals surface area contributed by atoms with Gasteiger partial charge in [0.2, 0.25) is 5.11 Å². The highest BCUT2D eigenvalue weighted by molar-refractivity contribution is 7.80. The average Bonchev–Trinajstić information content (AvgIpc) is 2.74. The maximum absolute atomic E-state index is 9.68. The van der Waals surface area contributed by atoms with E-state index in [0.29, 0.717) is 16.5 Å². The van der Waals surface area contributed by atoms with E-state index in [-0.39, 0.29) is 0 Å². The van der Waals surface area contributed by atoms with Crippen LogP contribution in [0.5, 0.6) is 0 Å². The summed E-state index contributed by atoms with van der Waals surface area (Å²) in [6.07, 6.45) is 11.8. The van der Waals surface area contributed by atoms with E-state index >= 15 is 0 Å². The van der Waals surface area contributed by atoms with Gasteiger partial charge in [-0.1, -0.05) is 18.9 Å². The Labute approximate surface area is 124 Å². The lowest BCUT2D eigenvalue weighted by Gasteiger charge is -2.19. The number of azo groups is 1. The topological polar surface area (TPSA) is 51.4 Å². The van der Waals surface area contributed by atoms with E-state index in [2.05, 4.69) is 15.1 Å². The Morgan fingerprint density at radius 3 is 2.50 bits per heavy atom. The van der Waals surface area contributed by atoms with Crippen LogP contribution in [0.1, 0.15) is 32.6 Å². The van der Waals surface area contributed by atoms with E-state index in [0.717, 1.165) is 31.0 Å². The highest BCUT2D eigenvalue weighted by atomic mass is 32.1. The van der Waals surface area contributed by atoms with Crippen LogP contribution in [-0.2, 0) is 0 Å². The molecule has 0 spiro atoms. The molecule has 0 aromatic rings. The van der Waals surface area contributed by atoms with E-state index in [4.69, 9.17) is 12.2 Å². The van der Waals surface area contributed by atoms with Gasteiger partial charge in [-0.25, -0.2) is 5.06 Å². The van der Waals surface area contributed by atoms with Crippen LogP contribution in [0.25, 0.3) is 0 Å². The fourth-order valence-electron chi connectivity index (χ4n) is 2.22. The molecular weight excluding hydrogens is 272 g/mol. The predicted molar refractivity (Wildman–Crippen MR) is 82.1 cm³/mol. The van der Waals surface area contributed by atoms with E-state index in [1.165, 1.54) is 12.8 Å². The molecule has 0 saturated carbocycles. The van der Waals surface area contributed by atoms with Gasteiger partial charge in [0.05, 0.1) is 11.4 Å². The highest BCUT2D eigenvalue weighted by Gasteiger charge is 2.12. The number of allylic oxidation sites excluding steroid dienone is 4. The number of hydrogen-bond acceptors (Lipinski definition) is 4. The van der Waals surface area contributed by atoms with Crippen molar-refractivity contribution < 1.29 is 5.21 Å². The maximum Gasteiger partial charge on any atom is 0.216 e. The summed E-state index contributed by atoms with van der Waals surface area (Å²) in [5, 5.41) is 19.5. The Kier molecular flexibility index (Phi) is 5.43. The van der Waals surface area contributed by atoms with Crippen LogP contribution in [0.4, 0.5) is 0 Å². The van der Waals surface area contributed by atoms with Crippen LogP contribution in [0.2, 0.25) is 0 Å². The molecular formula is C14H20N4OS. The SMILES string of the molecule is C/C(N=NC(=S)N1CCCCCC1)=C1\C=CC=CN1O. The number of nitrogens with zero attached hydrogens (tertiary/aromatic N) is 4. The first kappa shape index (κ1) is 14.9. The third-order valence-electron chi connectivity index (χ3n) is 3.37. The summed E-state index contributed by atoms with van der Waals surface area (Å²) in [5.74, 6) is 0. The second-order valence-corrected chi connectivity index (χ2v) is 5.26. The summed E-state index contributed by atoms with van der Waals surface area (Å²) in [7, 11) is 0. The third kappa shape index (κ3) is 3.98. The average molecular weight is 292 g/mol. The molecule has 0 atom stereocenters. The lowest BCUT2D eigenvalue weighted by Crippen LogP contribution is -2.28. The third-order valence-corrected chi connectivity index (χ3v) is 3.71. The first-order chi connectivity index (χ1) is 9.68. The summed E-state index contributed by atoms with van der Waals surface area (Å²) in [5.41, 5.74) is 1.24. The molecule has 5 nitrogen and oxygen atoms in total. The summed E-state index contributed by atoms with van der Waals surface area (Å²) in [6.45, 7) is 3.72. The molecule has 20 heavy (non-hydrogen) atoms. The van der Waals surface area contributed by atoms with Crippen molar-refractivity contribution in [2.75, 3.05) is 13.1 Å². The maximum atomic E-state index is 9.68. The van der Waals surface area contributed by atoms with Gasteiger partial charge >= 0.3 is 0 Å². The van der Waals surface area contributed by atoms with Crippen molar-refractivity contribution >= 4 is 17.3 Å². The quantitative estimate of drug-likeness (QED) is 0.592. The van der Waals surface area contributed by atoms with Gasteiger partial charge in [0.25, 0.3) is 0 Å². The van der Waals surface area contributed by atoms with Crippen LogP contribution in [0.3, 0.4) is 0 Å². The molecule has 0 unspecified atom stereocenters. The Morgan fingerprint density at radius 1 is 1.15 bits per heavy atom. The molecule has 2 heterocycles. The molecule has 0 amide bonds. The molecule has 1 fully saturated rings. The number of likely N-dealkylation sites (tertiary alicyclic amines) is 1. The van der Waals surface area contributed by atoms with Gasteiger partial charge in [0.1, 0.15) is 0 Å². The fraction of sp³-hybridized carbons (Fsp3) is 0.500. The normalized spacial score (nSPS) is 22.3. The van der Waals surface area contributed by atoms with Gasteiger partial charge in [0.15, 0.2) is 0 Å². The van der Waals surface area contributed by atoms with Crippen molar-refractivity contribution in [1.29, 1.82) is 0 Å². The molecule has 0 aliphatic carbocycles. The van der Waals surface area contributed by atoms with Crippen molar-refractivity contribution in [2.24, 2.45) is 10.2 Å². The second kappa shape index (κ2) is 7.31. The first-order valence-corrected chi connectivity index (χ1v) is 7.34. The van der Waals surface area contributed by atoms with E-state index in [1.54, 1.807) is 25.3 Å². The van der Waals surface area contributed by atoms with Gasteiger partial charge in [0, 0.05) is 19.3 Å². The summed E-state index contributed by atoms with van der Waals surface area (Å²) < 4.78 is 0. The standard InChI is InChI=1S/C14H20N4OS/c1-12(13-8-4-7-11-18(13)19)15-16-14(20)17-9-5-2-3-6-10-17/h4,7-8,11,19H,2-3,5-6,9-10H2,1H3/b13-12-,16-15?. The van der Waals surface area contributed by atoms with Crippen molar-refractivity contribution in [3.05, 3.63) is 35.8 Å². The number of thiocarbonyl (C=S) groups is 1. The van der Waals surface area contributed by atoms with E-state index < -0.39 is 0 Å². The summed E-state index contributed by atoms with van der Waals surface area (Å²) in [4.78, 5) is 2.11. The molecule has 2 rings (SSSR count). The van der Waals surface area contributed by atoms with E-state index in [1.807, 2.05) is 6.08 Å². The van der Waals surface area contributed by atoms with Gasteiger partial charge in [-0.3, -0.25) is 5.21 Å². The van der Waals surface area contributed by atoms with Crippen molar-refractivity contribution in [3.8, 4) is 0 Å². The monoisotopic (exact) mass is 292 g/mol. The molecule has 0 radical (unpaired) electrons. The van der Waals surface area contributed by atoms with Gasteiger partial charge in [-0.15, -0.1) is 5.11 Å². The number of rotatable bonds is 1. The van der Waals surface area contributed by atoms with Crippen molar-refractivity contribution in [1.82, 2.24) is 9.96 Å². The van der Waals surface area contributed by atoms with Gasteiger partial charge in [-0.2, -0.15) is 5.11 Å². The summed E-state index contributed by atoms with van der Waals surface area (Å²) >= 11 is 5.32. The Hall–Kier alpha value is -1.53. The highest BCUT2D eigenvalue weighted by Crippen LogP contribution is 2.16. The largest absolute Gasteiger partial charge is 0.346 e. The van der Waals surface area contributed by atoms with Crippen LogP contribution in [0, 0.1) is 0 Å². The fourth-order valence-corrected chi connectivity index (χ4v) is 2.44. The molecule has 1 saturated heterocycles. The molecule has 1 N–H and O–H groups in total. The molecule has 0 aromatic carbocycles. The Morgan fingerprint density at radius 2 is 1.85 bits per heavy atom. The van der Waals surface area contributed by atoms with Crippen LogP contribution in [0.15, 0.2) is 46.1 Å². The molecule has 2 aliphatic heterocycles. The van der Waals surface area contributed by atoms with Crippen LogP contribution >= 0.6 is 12.2 Å². The summed E-state index contributed by atoms with van der Waals surface area (Å²) in [6, 6.07) is 0. The molecule has 6 heteroatoms. The molecule has 108 valence electrons. The molecule has 0 aromatic heterocycles. The number of hydrogen-bond donors (Lipinski definition) is 1. The number of hydroxylamine groups is 2. The lowest BCUT2D eigenvalue weighted by atomic mass is 10.2. The first-order valence-electron chi connectivity index (χ1n) is 6.93. The zero-order valence-electron chi connectivity index (χ0n) is 11.7. The predicted octanol–water partition coefficient (Wildman–Crippen LogP) is 3.61. The second-order valence-electron chi connectivity index (χ2n) is 4.90. The van der Waals surface area contributed by atoms with Crippen LogP contribution in [-0.4, -0.2) is 33.4 Å². The molecule has 2 aliphatic rings. The van der Waals surface area contributed by atoms with Gasteiger partial charge < -0.3 is 4.90 Å². The van der Waals surface area contributed by atoms with Crippen molar-refractivity contribution in [2.45, 2.75) is 32.6 Å². The smallest absolute Gasteiger partial charge is 0.216 e. The van der Waals surface area contributed by atoms with Crippen molar-refractivity contribution in [3.63, 3.8) is 0 Å².